The number of nitrogens with one attached hydrogen (secondary N) is 1. The lowest BCUT2D eigenvalue weighted by molar-refractivity contribution is 0.490. The van der Waals surface area contributed by atoms with Crippen molar-refractivity contribution in [2.75, 3.05) is 11.9 Å². The highest BCUT2D eigenvalue weighted by atomic mass is 15.2. The van der Waals surface area contributed by atoms with Crippen LogP contribution in [0.4, 0.5) is 5.82 Å². The molecule has 0 aliphatic heterocycles. The van der Waals surface area contributed by atoms with Gasteiger partial charge in [0.25, 0.3) is 0 Å². The fourth-order valence-corrected chi connectivity index (χ4v) is 1.62. The first kappa shape index (κ1) is 13.4. The number of anilines is 1. The summed E-state index contributed by atoms with van der Waals surface area (Å²) in [5, 5.41) is 11.6. The largest absolute Gasteiger partial charge is 0.369 e. The highest BCUT2D eigenvalue weighted by molar-refractivity contribution is 5.58. The van der Waals surface area contributed by atoms with Gasteiger partial charge in [0, 0.05) is 30.0 Å². The lowest BCUT2D eigenvalue weighted by Crippen LogP contribution is -2.34. The molecule has 0 saturated heterocycles. The number of aromatic nitrogens is 3. The summed E-state index contributed by atoms with van der Waals surface area (Å²) in [7, 11) is 0. The molecule has 0 saturated carbocycles. The zero-order valence-corrected chi connectivity index (χ0v) is 11.3. The van der Waals surface area contributed by atoms with Gasteiger partial charge < -0.3 is 11.1 Å². The van der Waals surface area contributed by atoms with Crippen molar-refractivity contribution >= 4 is 5.82 Å². The van der Waals surface area contributed by atoms with Crippen LogP contribution in [-0.2, 0) is 0 Å². The van der Waals surface area contributed by atoms with Crippen LogP contribution in [0.15, 0.2) is 36.7 Å². The molecule has 100 valence electrons. The lowest BCUT2D eigenvalue weighted by Gasteiger charge is -2.18. The second-order valence-electron chi connectivity index (χ2n) is 5.21. The van der Waals surface area contributed by atoms with E-state index in [1.165, 1.54) is 0 Å². The van der Waals surface area contributed by atoms with Gasteiger partial charge in [-0.2, -0.15) is 0 Å². The molecule has 0 amide bonds. The van der Waals surface area contributed by atoms with Crippen LogP contribution < -0.4 is 11.1 Å². The zero-order valence-electron chi connectivity index (χ0n) is 11.3. The summed E-state index contributed by atoms with van der Waals surface area (Å²) >= 11 is 0. The van der Waals surface area contributed by atoms with Crippen molar-refractivity contribution in [3.05, 3.63) is 36.7 Å². The first-order valence-corrected chi connectivity index (χ1v) is 6.31. The minimum atomic E-state index is -0.169. The standard InChI is InChI=1S/C14H19N5/c1-14(2,15)7-10-17-13-4-3-12(18-19-13)11-5-8-16-9-6-11/h3-6,8-9H,7,10,15H2,1-2H3,(H,17,19). The predicted octanol–water partition coefficient (Wildman–Crippen LogP) is 2.08. The van der Waals surface area contributed by atoms with E-state index >= 15 is 0 Å². The fourth-order valence-electron chi connectivity index (χ4n) is 1.62. The van der Waals surface area contributed by atoms with Gasteiger partial charge in [0.1, 0.15) is 5.82 Å². The summed E-state index contributed by atoms with van der Waals surface area (Å²) in [6.07, 6.45) is 4.36. The van der Waals surface area contributed by atoms with Crippen molar-refractivity contribution in [1.82, 2.24) is 15.2 Å². The van der Waals surface area contributed by atoms with Crippen molar-refractivity contribution < 1.29 is 0 Å². The van der Waals surface area contributed by atoms with Crippen molar-refractivity contribution in [3.63, 3.8) is 0 Å². The molecule has 2 heterocycles. The molecule has 5 heteroatoms. The van der Waals surface area contributed by atoms with Gasteiger partial charge in [-0.05, 0) is 44.5 Å². The number of hydrogen-bond acceptors (Lipinski definition) is 5. The molecule has 3 N–H and O–H groups in total. The first-order chi connectivity index (χ1) is 9.04. The Morgan fingerprint density at radius 2 is 1.84 bits per heavy atom. The predicted molar refractivity (Wildman–Crippen MR) is 76.6 cm³/mol. The molecule has 0 fully saturated rings. The molecule has 0 aliphatic carbocycles. The van der Waals surface area contributed by atoms with E-state index < -0.39 is 0 Å². The first-order valence-electron chi connectivity index (χ1n) is 6.31. The molecule has 0 radical (unpaired) electrons. The lowest BCUT2D eigenvalue weighted by atomic mass is 10.0. The fraction of sp³-hybridized carbons (Fsp3) is 0.357. The van der Waals surface area contributed by atoms with E-state index in [2.05, 4.69) is 20.5 Å². The van der Waals surface area contributed by atoms with Gasteiger partial charge in [0.2, 0.25) is 0 Å². The summed E-state index contributed by atoms with van der Waals surface area (Å²) in [6.45, 7) is 4.80. The van der Waals surface area contributed by atoms with Gasteiger partial charge in [-0.1, -0.05) is 0 Å². The molecule has 0 bridgehead atoms. The second kappa shape index (κ2) is 5.75. The Labute approximate surface area is 113 Å². The molecule has 0 aliphatic rings. The van der Waals surface area contributed by atoms with Crippen LogP contribution in [0.5, 0.6) is 0 Å². The van der Waals surface area contributed by atoms with E-state index in [1.807, 2.05) is 38.1 Å². The van der Waals surface area contributed by atoms with Crippen molar-refractivity contribution in [1.29, 1.82) is 0 Å². The molecule has 0 aromatic carbocycles. The normalized spacial score (nSPS) is 11.3. The molecule has 0 spiro atoms. The Morgan fingerprint density at radius 3 is 2.42 bits per heavy atom. The maximum atomic E-state index is 5.92. The number of rotatable bonds is 5. The molecule has 0 atom stereocenters. The van der Waals surface area contributed by atoms with Crippen LogP contribution in [-0.4, -0.2) is 27.3 Å². The molecule has 2 aromatic heterocycles. The third-order valence-corrected chi connectivity index (χ3v) is 2.72. The van der Waals surface area contributed by atoms with Crippen LogP contribution in [0, 0.1) is 0 Å². The third-order valence-electron chi connectivity index (χ3n) is 2.72. The Kier molecular flexibility index (Phi) is 4.06. The molecule has 2 aromatic rings. The van der Waals surface area contributed by atoms with Gasteiger partial charge in [0.05, 0.1) is 5.69 Å². The van der Waals surface area contributed by atoms with E-state index in [9.17, 15) is 0 Å². The quantitative estimate of drug-likeness (QED) is 0.857. The van der Waals surface area contributed by atoms with Crippen LogP contribution in [0.2, 0.25) is 0 Å². The minimum absolute atomic E-state index is 0.169. The van der Waals surface area contributed by atoms with Crippen LogP contribution >= 0.6 is 0 Å². The molecule has 2 rings (SSSR count). The maximum Gasteiger partial charge on any atom is 0.148 e. The van der Waals surface area contributed by atoms with Crippen molar-refractivity contribution in [3.8, 4) is 11.3 Å². The van der Waals surface area contributed by atoms with Crippen LogP contribution in [0.3, 0.4) is 0 Å². The second-order valence-corrected chi connectivity index (χ2v) is 5.21. The van der Waals surface area contributed by atoms with Gasteiger partial charge in [0.15, 0.2) is 0 Å². The van der Waals surface area contributed by atoms with Gasteiger partial charge in [-0.3, -0.25) is 4.98 Å². The average Bonchev–Trinajstić information content (AvgIpc) is 2.39. The Balaban J connectivity index is 1.96. The van der Waals surface area contributed by atoms with E-state index in [0.717, 1.165) is 30.0 Å². The van der Waals surface area contributed by atoms with Gasteiger partial charge in [-0.25, -0.2) is 0 Å². The zero-order chi connectivity index (χ0) is 13.7. The maximum absolute atomic E-state index is 5.92. The molecule has 0 unspecified atom stereocenters. The Bertz CT molecular complexity index is 502. The summed E-state index contributed by atoms with van der Waals surface area (Å²) < 4.78 is 0. The monoisotopic (exact) mass is 257 g/mol. The van der Waals surface area contributed by atoms with E-state index in [0.29, 0.717) is 0 Å². The van der Waals surface area contributed by atoms with Crippen molar-refractivity contribution in [2.24, 2.45) is 5.73 Å². The molecular weight excluding hydrogens is 238 g/mol. The van der Waals surface area contributed by atoms with Crippen LogP contribution in [0.1, 0.15) is 20.3 Å². The third kappa shape index (κ3) is 4.30. The smallest absolute Gasteiger partial charge is 0.148 e. The van der Waals surface area contributed by atoms with Gasteiger partial charge in [-0.15, -0.1) is 10.2 Å². The number of nitrogens with zero attached hydrogens (tertiary/aromatic N) is 3. The number of pyridine rings is 1. The van der Waals surface area contributed by atoms with Gasteiger partial charge >= 0.3 is 0 Å². The average molecular weight is 257 g/mol. The minimum Gasteiger partial charge on any atom is -0.369 e. The molecule has 5 nitrogen and oxygen atoms in total. The molecule has 19 heavy (non-hydrogen) atoms. The van der Waals surface area contributed by atoms with E-state index in [-0.39, 0.29) is 5.54 Å². The number of hydrogen-bond donors (Lipinski definition) is 2. The Morgan fingerprint density at radius 1 is 1.11 bits per heavy atom. The van der Waals surface area contributed by atoms with Crippen molar-refractivity contribution in [2.45, 2.75) is 25.8 Å². The topological polar surface area (TPSA) is 76.7 Å². The van der Waals surface area contributed by atoms with E-state index in [4.69, 9.17) is 5.73 Å². The van der Waals surface area contributed by atoms with E-state index in [1.54, 1.807) is 12.4 Å². The number of nitrogens with two attached hydrogens (primary N) is 1. The summed E-state index contributed by atoms with van der Waals surface area (Å²) in [4.78, 5) is 3.98. The Hall–Kier alpha value is -2.01. The summed E-state index contributed by atoms with van der Waals surface area (Å²) in [5.41, 5.74) is 7.60. The molecular formula is C14H19N5. The summed E-state index contributed by atoms with van der Waals surface area (Å²) in [6, 6.07) is 7.69. The highest BCUT2D eigenvalue weighted by Crippen LogP contribution is 2.15. The SMILES string of the molecule is CC(C)(N)CCNc1ccc(-c2ccncc2)nn1. The van der Waals surface area contributed by atoms with Crippen LogP contribution in [0.25, 0.3) is 11.3 Å². The highest BCUT2D eigenvalue weighted by Gasteiger charge is 2.09. The summed E-state index contributed by atoms with van der Waals surface area (Å²) in [5.74, 6) is 0.766.